The molecule has 0 radical (unpaired) electrons. The summed E-state index contributed by atoms with van der Waals surface area (Å²) in [6, 6.07) is 13.2. The van der Waals surface area contributed by atoms with Crippen LogP contribution in [0.1, 0.15) is 28.8 Å². The average molecular weight is 353 g/mol. The quantitative estimate of drug-likeness (QED) is 0.765. The van der Waals surface area contributed by atoms with Crippen molar-refractivity contribution in [2.75, 3.05) is 6.54 Å². The molecule has 0 saturated heterocycles. The molecule has 1 aliphatic carbocycles. The highest BCUT2D eigenvalue weighted by atomic mass is 35.5. The predicted octanol–water partition coefficient (Wildman–Crippen LogP) is 3.38. The lowest BCUT2D eigenvalue weighted by molar-refractivity contribution is 0.0949. The fraction of sp³-hybridized carbons (Fsp3) is 0.211. The average Bonchev–Trinajstić information content (AvgIpc) is 3.22. The molecule has 0 bridgehead atoms. The van der Waals surface area contributed by atoms with Crippen molar-refractivity contribution in [2.45, 2.75) is 18.3 Å². The van der Waals surface area contributed by atoms with E-state index in [1.54, 1.807) is 29.2 Å². The summed E-state index contributed by atoms with van der Waals surface area (Å²) in [5.41, 5.74) is 1.62. The summed E-state index contributed by atoms with van der Waals surface area (Å²) in [6.45, 7) is 0.580. The second-order valence-corrected chi connectivity index (χ2v) is 6.71. The largest absolute Gasteiger partial charge is 0.351 e. The van der Waals surface area contributed by atoms with Gasteiger partial charge in [-0.3, -0.25) is 4.79 Å². The van der Waals surface area contributed by atoms with E-state index in [-0.39, 0.29) is 11.3 Å². The highest BCUT2D eigenvalue weighted by molar-refractivity contribution is 6.31. The van der Waals surface area contributed by atoms with Crippen molar-refractivity contribution in [3.63, 3.8) is 0 Å². The van der Waals surface area contributed by atoms with Gasteiger partial charge >= 0.3 is 0 Å². The van der Waals surface area contributed by atoms with E-state index < -0.39 is 0 Å². The highest BCUT2D eigenvalue weighted by Gasteiger charge is 2.45. The van der Waals surface area contributed by atoms with E-state index in [2.05, 4.69) is 15.4 Å². The molecule has 1 saturated carbocycles. The van der Waals surface area contributed by atoms with Gasteiger partial charge < -0.3 is 5.32 Å². The van der Waals surface area contributed by atoms with Gasteiger partial charge in [-0.25, -0.2) is 9.67 Å². The van der Waals surface area contributed by atoms with Crippen molar-refractivity contribution >= 4 is 17.5 Å². The molecule has 3 aromatic rings. The van der Waals surface area contributed by atoms with E-state index in [0.717, 1.165) is 23.4 Å². The molecule has 1 aliphatic rings. The van der Waals surface area contributed by atoms with Gasteiger partial charge in [-0.05, 0) is 42.7 Å². The highest BCUT2D eigenvalue weighted by Crippen LogP contribution is 2.49. The van der Waals surface area contributed by atoms with E-state index in [1.807, 2.05) is 36.5 Å². The Morgan fingerprint density at radius 2 is 2.04 bits per heavy atom. The number of nitrogens with zero attached hydrogens (tertiary/aromatic N) is 3. The summed E-state index contributed by atoms with van der Waals surface area (Å²) in [4.78, 5) is 16.7. The first kappa shape index (κ1) is 15.8. The first-order valence-corrected chi connectivity index (χ1v) is 8.55. The zero-order valence-electron chi connectivity index (χ0n) is 13.5. The van der Waals surface area contributed by atoms with Crippen LogP contribution < -0.4 is 5.32 Å². The minimum absolute atomic E-state index is 0.0313. The normalized spacial score (nSPS) is 14.9. The summed E-state index contributed by atoms with van der Waals surface area (Å²) >= 11 is 6.32. The van der Waals surface area contributed by atoms with E-state index in [1.165, 1.54) is 0 Å². The van der Waals surface area contributed by atoms with Gasteiger partial charge in [0.15, 0.2) is 5.82 Å². The molecule has 4 rings (SSSR count). The maximum absolute atomic E-state index is 12.4. The molecule has 1 aromatic carbocycles. The molecule has 5 nitrogen and oxygen atoms in total. The monoisotopic (exact) mass is 352 g/mol. The number of hydrogen-bond acceptors (Lipinski definition) is 3. The van der Waals surface area contributed by atoms with Crippen molar-refractivity contribution in [2.24, 2.45) is 0 Å². The van der Waals surface area contributed by atoms with Crippen molar-refractivity contribution in [3.8, 4) is 5.82 Å². The number of aromatic nitrogens is 3. The zero-order chi connectivity index (χ0) is 17.3. The molecule has 6 heteroatoms. The van der Waals surface area contributed by atoms with E-state index in [0.29, 0.717) is 17.9 Å². The second-order valence-electron chi connectivity index (χ2n) is 6.30. The van der Waals surface area contributed by atoms with Gasteiger partial charge in [-0.15, -0.1) is 0 Å². The summed E-state index contributed by atoms with van der Waals surface area (Å²) in [7, 11) is 0. The number of amides is 1. The third-order valence-electron chi connectivity index (χ3n) is 4.64. The maximum Gasteiger partial charge on any atom is 0.252 e. The number of rotatable bonds is 5. The molecule has 0 spiro atoms. The Balaban J connectivity index is 1.43. The summed E-state index contributed by atoms with van der Waals surface area (Å²) in [5, 5.41) is 7.91. The molecule has 2 aromatic heterocycles. The molecule has 0 aliphatic heterocycles. The molecule has 25 heavy (non-hydrogen) atoms. The van der Waals surface area contributed by atoms with Gasteiger partial charge in [0.25, 0.3) is 5.91 Å². The van der Waals surface area contributed by atoms with Crippen LogP contribution in [0.5, 0.6) is 0 Å². The third kappa shape index (κ3) is 3.15. The molecule has 2 heterocycles. The molecular weight excluding hydrogens is 336 g/mol. The van der Waals surface area contributed by atoms with Crippen LogP contribution in [0.2, 0.25) is 5.02 Å². The summed E-state index contributed by atoms with van der Waals surface area (Å²) in [6.07, 6.45) is 7.14. The van der Waals surface area contributed by atoms with Crippen molar-refractivity contribution in [1.29, 1.82) is 0 Å². The van der Waals surface area contributed by atoms with Crippen LogP contribution >= 0.6 is 11.6 Å². The van der Waals surface area contributed by atoms with E-state index >= 15 is 0 Å². The van der Waals surface area contributed by atoms with Crippen molar-refractivity contribution < 1.29 is 4.79 Å². The molecule has 1 fully saturated rings. The smallest absolute Gasteiger partial charge is 0.252 e. The predicted molar refractivity (Wildman–Crippen MR) is 96.1 cm³/mol. The zero-order valence-corrected chi connectivity index (χ0v) is 14.3. The number of carbonyl (C=O) groups is 1. The van der Waals surface area contributed by atoms with Crippen LogP contribution in [0.15, 0.2) is 61.1 Å². The van der Waals surface area contributed by atoms with Gasteiger partial charge in [-0.1, -0.05) is 29.8 Å². The maximum atomic E-state index is 12.4. The number of pyridine rings is 1. The summed E-state index contributed by atoms with van der Waals surface area (Å²) < 4.78 is 1.65. The molecule has 0 atom stereocenters. The minimum atomic E-state index is -0.127. The fourth-order valence-corrected chi connectivity index (χ4v) is 3.33. The first-order chi connectivity index (χ1) is 12.2. The Bertz CT molecular complexity index is 886. The molecular formula is C19H17ClN4O. The molecule has 126 valence electrons. The molecule has 1 amide bonds. The topological polar surface area (TPSA) is 59.8 Å². The number of nitrogens with one attached hydrogen (secondary N) is 1. The van der Waals surface area contributed by atoms with Gasteiger partial charge in [0, 0.05) is 35.6 Å². The Labute approximate surface area is 150 Å². The number of hydrogen-bond donors (Lipinski definition) is 1. The summed E-state index contributed by atoms with van der Waals surface area (Å²) in [5.74, 6) is 0.550. The Kier molecular flexibility index (Phi) is 4.01. The Hall–Kier alpha value is -2.66. The van der Waals surface area contributed by atoms with Crippen LogP contribution in [0, 0.1) is 0 Å². The van der Waals surface area contributed by atoms with Gasteiger partial charge in [0.1, 0.15) is 0 Å². The SMILES string of the molecule is O=C(NCC1(c2ccccc2Cl)CC1)c1ccc(-n2cccn2)nc1. The second kappa shape index (κ2) is 6.33. The number of carbonyl (C=O) groups excluding carboxylic acids is 1. The Morgan fingerprint density at radius 1 is 1.20 bits per heavy atom. The van der Waals surface area contributed by atoms with Gasteiger partial charge in [0.05, 0.1) is 5.56 Å². The van der Waals surface area contributed by atoms with Gasteiger partial charge in [0.2, 0.25) is 0 Å². The minimum Gasteiger partial charge on any atom is -0.351 e. The Morgan fingerprint density at radius 3 is 2.68 bits per heavy atom. The lowest BCUT2D eigenvalue weighted by Crippen LogP contribution is -2.32. The lowest BCUT2D eigenvalue weighted by Gasteiger charge is -2.18. The van der Waals surface area contributed by atoms with E-state index in [4.69, 9.17) is 11.6 Å². The number of halogens is 1. The van der Waals surface area contributed by atoms with E-state index in [9.17, 15) is 4.79 Å². The van der Waals surface area contributed by atoms with Crippen molar-refractivity contribution in [3.05, 3.63) is 77.2 Å². The standard InChI is InChI=1S/C19H17ClN4O/c20-16-5-2-1-4-15(16)19(8-9-19)13-22-18(25)14-6-7-17(21-12-14)24-11-3-10-23-24/h1-7,10-12H,8-9,13H2,(H,22,25). The first-order valence-electron chi connectivity index (χ1n) is 8.17. The van der Waals surface area contributed by atoms with Crippen molar-refractivity contribution in [1.82, 2.24) is 20.1 Å². The molecule has 1 N–H and O–H groups in total. The third-order valence-corrected chi connectivity index (χ3v) is 4.96. The van der Waals surface area contributed by atoms with Crippen LogP contribution in [-0.2, 0) is 5.41 Å². The lowest BCUT2D eigenvalue weighted by atomic mass is 9.96. The molecule has 0 unspecified atom stereocenters. The van der Waals surface area contributed by atoms with Crippen LogP contribution in [0.25, 0.3) is 5.82 Å². The van der Waals surface area contributed by atoms with Crippen LogP contribution in [-0.4, -0.2) is 27.2 Å². The van der Waals surface area contributed by atoms with Crippen LogP contribution in [0.3, 0.4) is 0 Å². The van der Waals surface area contributed by atoms with Crippen LogP contribution in [0.4, 0.5) is 0 Å². The fourth-order valence-electron chi connectivity index (χ4n) is 3.00. The number of benzene rings is 1. The van der Waals surface area contributed by atoms with Gasteiger partial charge in [-0.2, -0.15) is 5.10 Å².